The van der Waals surface area contributed by atoms with Gasteiger partial charge in [0.2, 0.25) is 0 Å². The summed E-state index contributed by atoms with van der Waals surface area (Å²) in [7, 11) is 2.05. The largest absolute Gasteiger partial charge is 0.388 e. The van der Waals surface area contributed by atoms with E-state index in [1.807, 2.05) is 0 Å². The van der Waals surface area contributed by atoms with Crippen molar-refractivity contribution in [2.24, 2.45) is 0 Å². The van der Waals surface area contributed by atoms with Gasteiger partial charge in [-0.05, 0) is 64.8 Å². The monoisotopic (exact) mass is 377 g/mol. The molecule has 1 nitrogen and oxygen atoms in total. The van der Waals surface area contributed by atoms with Gasteiger partial charge >= 0.3 is 0 Å². The van der Waals surface area contributed by atoms with Crippen molar-refractivity contribution in [3.8, 4) is 11.1 Å². The molecule has 0 bridgehead atoms. The first-order valence-corrected chi connectivity index (χ1v) is 10.5. The first kappa shape index (κ1) is 18.0. The van der Waals surface area contributed by atoms with Crippen LogP contribution >= 0.6 is 0 Å². The van der Waals surface area contributed by atoms with Crippen molar-refractivity contribution in [3.63, 3.8) is 0 Å². The molecule has 0 amide bonds. The second-order valence-corrected chi connectivity index (χ2v) is 8.15. The van der Waals surface area contributed by atoms with Gasteiger partial charge in [-0.1, -0.05) is 79.7 Å². The molecule has 1 N–H and O–H groups in total. The molecule has 0 aliphatic heterocycles. The molecule has 0 atom stereocenters. The number of allylic oxidation sites excluding steroid dienone is 3. The normalized spacial score (nSPS) is 16.4. The quantitative estimate of drug-likeness (QED) is 0.536. The fourth-order valence-electron chi connectivity index (χ4n) is 5.60. The Balaban J connectivity index is 1.97. The Hall–Kier alpha value is -3.06. The molecule has 0 unspecified atom stereocenters. The van der Waals surface area contributed by atoms with E-state index < -0.39 is 0 Å². The molecule has 0 aromatic heterocycles. The van der Waals surface area contributed by atoms with E-state index in [1.54, 1.807) is 0 Å². The lowest BCUT2D eigenvalue weighted by Crippen LogP contribution is -2.26. The molecule has 2 aliphatic carbocycles. The van der Waals surface area contributed by atoms with Gasteiger partial charge in [-0.2, -0.15) is 0 Å². The van der Waals surface area contributed by atoms with Crippen molar-refractivity contribution in [2.45, 2.75) is 32.6 Å². The van der Waals surface area contributed by atoms with E-state index in [1.165, 1.54) is 55.8 Å². The third kappa shape index (κ3) is 2.16. The van der Waals surface area contributed by atoms with Crippen LogP contribution in [0.1, 0.15) is 49.4 Å². The summed E-state index contributed by atoms with van der Waals surface area (Å²) in [6.45, 7) is 6.82. The van der Waals surface area contributed by atoms with Crippen molar-refractivity contribution in [1.29, 1.82) is 0 Å². The lowest BCUT2D eigenvalue weighted by molar-refractivity contribution is 0.765. The van der Waals surface area contributed by atoms with Gasteiger partial charge in [0.05, 0.1) is 5.41 Å². The molecule has 5 rings (SSSR count). The highest BCUT2D eigenvalue weighted by Gasteiger charge is 2.51. The Labute approximate surface area is 173 Å². The van der Waals surface area contributed by atoms with Crippen molar-refractivity contribution >= 4 is 5.57 Å². The van der Waals surface area contributed by atoms with Crippen molar-refractivity contribution in [2.75, 3.05) is 7.05 Å². The zero-order valence-electron chi connectivity index (χ0n) is 17.6. The van der Waals surface area contributed by atoms with Gasteiger partial charge < -0.3 is 5.32 Å². The minimum absolute atomic E-state index is 0.213. The third-order valence-electron chi connectivity index (χ3n) is 6.95. The molecule has 0 fully saturated rings. The Morgan fingerprint density at radius 2 is 1.21 bits per heavy atom. The molecule has 3 aromatic carbocycles. The molecule has 3 aromatic rings. The summed E-state index contributed by atoms with van der Waals surface area (Å²) < 4.78 is 0. The summed E-state index contributed by atoms with van der Waals surface area (Å²) in [6.07, 6.45) is 1.04. The molecule has 29 heavy (non-hydrogen) atoms. The Kier molecular flexibility index (Phi) is 4.03. The van der Waals surface area contributed by atoms with Gasteiger partial charge in [0.25, 0.3) is 0 Å². The van der Waals surface area contributed by atoms with Crippen LogP contribution < -0.4 is 5.32 Å². The number of hydrogen-bond acceptors (Lipinski definition) is 1. The molecular formula is C28H27N. The molecule has 1 heteroatoms. The van der Waals surface area contributed by atoms with Crippen molar-refractivity contribution < 1.29 is 0 Å². The summed E-state index contributed by atoms with van der Waals surface area (Å²) in [6, 6.07) is 26.9. The van der Waals surface area contributed by atoms with Crippen LogP contribution in [0.2, 0.25) is 0 Å². The van der Waals surface area contributed by atoms with Gasteiger partial charge in [-0.3, -0.25) is 0 Å². The van der Waals surface area contributed by atoms with E-state index in [2.05, 4.69) is 106 Å². The highest BCUT2D eigenvalue weighted by atomic mass is 14.8. The molecule has 0 heterocycles. The molecule has 0 saturated carbocycles. The summed E-state index contributed by atoms with van der Waals surface area (Å²) in [4.78, 5) is 0. The second kappa shape index (κ2) is 6.49. The fraction of sp³-hybridized carbons (Fsp3) is 0.214. The SMILES string of the molecule is CC/C(C)=C(\NC)C1=C(C)C2(c3ccccc31)c1ccccc1-c1ccccc12. The lowest BCUT2D eigenvalue weighted by atomic mass is 9.70. The topological polar surface area (TPSA) is 12.0 Å². The summed E-state index contributed by atoms with van der Waals surface area (Å²) in [5, 5.41) is 3.54. The second-order valence-electron chi connectivity index (χ2n) is 8.15. The number of nitrogens with one attached hydrogen (secondary N) is 1. The number of fused-ring (bicyclic) bond motifs is 7. The first-order valence-electron chi connectivity index (χ1n) is 10.5. The molecule has 0 radical (unpaired) electrons. The summed E-state index contributed by atoms with van der Waals surface area (Å²) in [5.74, 6) is 0. The maximum absolute atomic E-state index is 3.54. The van der Waals surface area contributed by atoms with Gasteiger partial charge in [0, 0.05) is 18.3 Å². The average molecular weight is 378 g/mol. The number of hydrogen-bond donors (Lipinski definition) is 1. The smallest absolute Gasteiger partial charge is 0.0686 e. The van der Waals surface area contributed by atoms with E-state index in [-0.39, 0.29) is 5.41 Å². The Morgan fingerprint density at radius 1 is 0.759 bits per heavy atom. The lowest BCUT2D eigenvalue weighted by Gasteiger charge is -2.31. The van der Waals surface area contributed by atoms with Crippen LogP contribution in [0.25, 0.3) is 16.7 Å². The van der Waals surface area contributed by atoms with Crippen molar-refractivity contribution in [3.05, 3.63) is 112 Å². The van der Waals surface area contributed by atoms with Crippen LogP contribution in [0.5, 0.6) is 0 Å². The van der Waals surface area contributed by atoms with E-state index in [0.717, 1.165) is 6.42 Å². The number of rotatable bonds is 3. The first-order chi connectivity index (χ1) is 14.2. The van der Waals surface area contributed by atoms with Crippen LogP contribution in [0.15, 0.2) is 89.6 Å². The van der Waals surface area contributed by atoms with E-state index >= 15 is 0 Å². The fourth-order valence-corrected chi connectivity index (χ4v) is 5.60. The van der Waals surface area contributed by atoms with E-state index in [9.17, 15) is 0 Å². The molecule has 2 aliphatic rings. The van der Waals surface area contributed by atoms with Crippen LogP contribution in [0.3, 0.4) is 0 Å². The minimum Gasteiger partial charge on any atom is -0.388 e. The standard InChI is InChI=1S/C28H27N/c1-5-18(2)27(29-4)26-19(3)28(25-17-11-8-14-22(25)26)23-15-9-6-12-20(23)21-13-7-10-16-24(21)28/h6-17,29H,5H2,1-4H3/b27-18-. The average Bonchev–Trinajstić information content (AvgIpc) is 3.21. The summed E-state index contributed by atoms with van der Waals surface area (Å²) >= 11 is 0. The zero-order chi connectivity index (χ0) is 20.2. The van der Waals surface area contributed by atoms with Crippen LogP contribution in [0.4, 0.5) is 0 Å². The molecule has 0 saturated heterocycles. The van der Waals surface area contributed by atoms with Crippen LogP contribution in [0, 0.1) is 0 Å². The number of benzene rings is 3. The molecule has 144 valence electrons. The highest BCUT2D eigenvalue weighted by molar-refractivity contribution is 5.97. The van der Waals surface area contributed by atoms with E-state index in [0.29, 0.717) is 0 Å². The van der Waals surface area contributed by atoms with Crippen LogP contribution in [-0.4, -0.2) is 7.05 Å². The summed E-state index contributed by atoms with van der Waals surface area (Å²) in [5.41, 5.74) is 13.6. The molecular weight excluding hydrogens is 350 g/mol. The van der Waals surface area contributed by atoms with Gasteiger partial charge in [0.1, 0.15) is 0 Å². The maximum atomic E-state index is 3.54. The Morgan fingerprint density at radius 3 is 1.69 bits per heavy atom. The van der Waals surface area contributed by atoms with Gasteiger partial charge in [0.15, 0.2) is 0 Å². The third-order valence-corrected chi connectivity index (χ3v) is 6.95. The maximum Gasteiger partial charge on any atom is 0.0686 e. The highest BCUT2D eigenvalue weighted by Crippen LogP contribution is 2.62. The van der Waals surface area contributed by atoms with E-state index in [4.69, 9.17) is 0 Å². The predicted molar refractivity (Wildman–Crippen MR) is 123 cm³/mol. The molecule has 1 spiro atoms. The number of likely N-dealkylation sites (N-methyl/N-ethyl adjacent to an activating group) is 1. The predicted octanol–water partition coefficient (Wildman–Crippen LogP) is 6.69. The minimum atomic E-state index is -0.213. The van der Waals surface area contributed by atoms with Crippen molar-refractivity contribution in [1.82, 2.24) is 5.32 Å². The van der Waals surface area contributed by atoms with Gasteiger partial charge in [-0.15, -0.1) is 0 Å². The zero-order valence-corrected chi connectivity index (χ0v) is 17.6. The van der Waals surface area contributed by atoms with Gasteiger partial charge in [-0.25, -0.2) is 0 Å². The van der Waals surface area contributed by atoms with Crippen LogP contribution in [-0.2, 0) is 5.41 Å². The Bertz CT molecular complexity index is 1150.